The van der Waals surface area contributed by atoms with Crippen LogP contribution in [0.2, 0.25) is 0 Å². The molecule has 0 aliphatic heterocycles. The molecule has 0 heterocycles. The Labute approximate surface area is 130 Å². The third kappa shape index (κ3) is 5.94. The van der Waals surface area contributed by atoms with Crippen LogP contribution >= 0.6 is 0 Å². The second kappa shape index (κ2) is 9.53. The number of methoxy groups -OCH3 is 1. The number of amides is 2. The highest BCUT2D eigenvalue weighted by molar-refractivity contribution is 5.92. The fraction of sp³-hybridized carbons (Fsp3) is 0.438. The number of anilines is 1. The minimum absolute atomic E-state index is 0.101. The Balaban J connectivity index is 2.52. The van der Waals surface area contributed by atoms with Gasteiger partial charge in [-0.2, -0.15) is 5.26 Å². The standard InChI is InChI=1S/C16H21N3O3/c1-13(20)19(15-6-4-14(12-17)5-7-15)10-8-16(21)18-9-3-11-22-2/h4-7H,3,8-11H2,1-2H3,(H,18,21). The van der Waals surface area contributed by atoms with E-state index in [1.807, 2.05) is 6.07 Å². The zero-order valence-corrected chi connectivity index (χ0v) is 13.0. The summed E-state index contributed by atoms with van der Waals surface area (Å²) in [5, 5.41) is 11.6. The van der Waals surface area contributed by atoms with Gasteiger partial charge in [0, 0.05) is 45.8 Å². The van der Waals surface area contributed by atoms with Crippen molar-refractivity contribution in [3.63, 3.8) is 0 Å². The molecule has 0 aliphatic rings. The highest BCUT2D eigenvalue weighted by Gasteiger charge is 2.13. The second-order valence-electron chi connectivity index (χ2n) is 4.78. The Morgan fingerprint density at radius 3 is 2.55 bits per heavy atom. The van der Waals surface area contributed by atoms with E-state index in [1.54, 1.807) is 31.4 Å². The summed E-state index contributed by atoms with van der Waals surface area (Å²) >= 11 is 0. The van der Waals surface area contributed by atoms with Crippen molar-refractivity contribution in [1.82, 2.24) is 5.32 Å². The predicted octanol–water partition coefficient (Wildman–Crippen LogP) is 1.45. The van der Waals surface area contributed by atoms with Gasteiger partial charge in [-0.25, -0.2) is 0 Å². The van der Waals surface area contributed by atoms with Crippen molar-refractivity contribution in [2.24, 2.45) is 0 Å². The maximum absolute atomic E-state index is 11.7. The molecule has 1 aromatic rings. The van der Waals surface area contributed by atoms with Crippen LogP contribution < -0.4 is 10.2 Å². The Morgan fingerprint density at radius 2 is 2.00 bits per heavy atom. The first-order chi connectivity index (χ1) is 10.6. The zero-order valence-electron chi connectivity index (χ0n) is 13.0. The number of hydrogen-bond acceptors (Lipinski definition) is 4. The molecule has 1 aromatic carbocycles. The minimum atomic E-state index is -0.142. The van der Waals surface area contributed by atoms with E-state index in [0.717, 1.165) is 6.42 Å². The molecule has 0 atom stereocenters. The number of benzene rings is 1. The summed E-state index contributed by atoms with van der Waals surface area (Å²) in [5.74, 6) is -0.243. The van der Waals surface area contributed by atoms with E-state index in [9.17, 15) is 9.59 Å². The number of nitrogens with zero attached hydrogens (tertiary/aromatic N) is 2. The predicted molar refractivity (Wildman–Crippen MR) is 83.3 cm³/mol. The van der Waals surface area contributed by atoms with Crippen molar-refractivity contribution in [3.8, 4) is 6.07 Å². The lowest BCUT2D eigenvalue weighted by molar-refractivity contribution is -0.121. The van der Waals surface area contributed by atoms with Crippen molar-refractivity contribution in [2.45, 2.75) is 19.8 Å². The summed E-state index contributed by atoms with van der Waals surface area (Å²) in [5.41, 5.74) is 1.21. The Bertz CT molecular complexity index is 535. The number of nitriles is 1. The molecule has 1 N–H and O–H groups in total. The molecule has 6 heteroatoms. The number of rotatable bonds is 8. The lowest BCUT2D eigenvalue weighted by Crippen LogP contribution is -2.34. The fourth-order valence-electron chi connectivity index (χ4n) is 1.93. The van der Waals surface area contributed by atoms with Gasteiger partial charge in [0.15, 0.2) is 0 Å². The van der Waals surface area contributed by atoms with E-state index in [1.165, 1.54) is 11.8 Å². The molecule has 0 aromatic heterocycles. The topological polar surface area (TPSA) is 82.4 Å². The van der Waals surface area contributed by atoms with Crippen molar-refractivity contribution in [1.29, 1.82) is 5.26 Å². The summed E-state index contributed by atoms with van der Waals surface area (Å²) in [4.78, 5) is 25.0. The van der Waals surface area contributed by atoms with E-state index in [4.69, 9.17) is 10.00 Å². The molecule has 0 radical (unpaired) electrons. The van der Waals surface area contributed by atoms with Gasteiger partial charge in [-0.05, 0) is 30.7 Å². The van der Waals surface area contributed by atoms with E-state index >= 15 is 0 Å². The van der Waals surface area contributed by atoms with Gasteiger partial charge in [0.1, 0.15) is 0 Å². The third-order valence-corrected chi connectivity index (χ3v) is 3.10. The van der Waals surface area contributed by atoms with Crippen LogP contribution in [0.15, 0.2) is 24.3 Å². The molecule has 0 unspecified atom stereocenters. The Kier molecular flexibility index (Phi) is 7.65. The van der Waals surface area contributed by atoms with Gasteiger partial charge < -0.3 is 15.0 Å². The Morgan fingerprint density at radius 1 is 1.32 bits per heavy atom. The SMILES string of the molecule is COCCCNC(=O)CCN(C(C)=O)c1ccc(C#N)cc1. The normalized spacial score (nSPS) is 9.86. The van der Waals surface area contributed by atoms with Gasteiger partial charge in [-0.15, -0.1) is 0 Å². The molecule has 6 nitrogen and oxygen atoms in total. The van der Waals surface area contributed by atoms with Crippen molar-refractivity contribution in [3.05, 3.63) is 29.8 Å². The molecule has 1 rings (SSSR count). The molecule has 0 saturated carbocycles. The summed E-state index contributed by atoms with van der Waals surface area (Å²) in [6.45, 7) is 2.92. The first-order valence-electron chi connectivity index (χ1n) is 7.12. The van der Waals surface area contributed by atoms with Crippen LogP contribution in [0.1, 0.15) is 25.3 Å². The highest BCUT2D eigenvalue weighted by Crippen LogP contribution is 2.15. The van der Waals surface area contributed by atoms with Crippen LogP contribution in [0.5, 0.6) is 0 Å². The van der Waals surface area contributed by atoms with Crippen LogP contribution in [0.4, 0.5) is 5.69 Å². The number of hydrogen-bond donors (Lipinski definition) is 1. The summed E-state index contributed by atoms with van der Waals surface area (Å²) in [6.07, 6.45) is 0.987. The lowest BCUT2D eigenvalue weighted by atomic mass is 10.2. The lowest BCUT2D eigenvalue weighted by Gasteiger charge is -2.21. The molecule has 0 fully saturated rings. The quantitative estimate of drug-likeness (QED) is 0.737. The Hall–Kier alpha value is -2.39. The van der Waals surface area contributed by atoms with Crippen LogP contribution in [-0.2, 0) is 14.3 Å². The van der Waals surface area contributed by atoms with Crippen LogP contribution in [0.3, 0.4) is 0 Å². The van der Waals surface area contributed by atoms with Gasteiger partial charge in [0.2, 0.25) is 11.8 Å². The first-order valence-corrected chi connectivity index (χ1v) is 7.12. The molecule has 0 bridgehead atoms. The molecule has 2 amide bonds. The van der Waals surface area contributed by atoms with Crippen LogP contribution in [0.25, 0.3) is 0 Å². The maximum Gasteiger partial charge on any atom is 0.223 e. The largest absolute Gasteiger partial charge is 0.385 e. The number of nitrogens with one attached hydrogen (secondary N) is 1. The fourth-order valence-corrected chi connectivity index (χ4v) is 1.93. The minimum Gasteiger partial charge on any atom is -0.385 e. The average Bonchev–Trinajstić information content (AvgIpc) is 2.52. The second-order valence-corrected chi connectivity index (χ2v) is 4.78. The number of carbonyl (C=O) groups is 2. The third-order valence-electron chi connectivity index (χ3n) is 3.10. The smallest absolute Gasteiger partial charge is 0.223 e. The van der Waals surface area contributed by atoms with Crippen molar-refractivity contribution < 1.29 is 14.3 Å². The van der Waals surface area contributed by atoms with Gasteiger partial charge >= 0.3 is 0 Å². The van der Waals surface area contributed by atoms with Crippen LogP contribution in [-0.4, -0.2) is 38.6 Å². The molecular formula is C16H21N3O3. The number of ether oxygens (including phenoxy) is 1. The highest BCUT2D eigenvalue weighted by atomic mass is 16.5. The monoisotopic (exact) mass is 303 g/mol. The van der Waals surface area contributed by atoms with Crippen molar-refractivity contribution in [2.75, 3.05) is 31.7 Å². The summed E-state index contributed by atoms with van der Waals surface area (Å²) in [6, 6.07) is 8.74. The summed E-state index contributed by atoms with van der Waals surface area (Å²) < 4.78 is 4.90. The number of carbonyl (C=O) groups excluding carboxylic acids is 2. The maximum atomic E-state index is 11.7. The van der Waals surface area contributed by atoms with E-state index in [2.05, 4.69) is 5.32 Å². The van der Waals surface area contributed by atoms with Gasteiger partial charge in [-0.3, -0.25) is 9.59 Å². The zero-order chi connectivity index (χ0) is 16.4. The average molecular weight is 303 g/mol. The molecule has 0 saturated heterocycles. The van der Waals surface area contributed by atoms with Crippen molar-refractivity contribution >= 4 is 17.5 Å². The molecule has 22 heavy (non-hydrogen) atoms. The molecule has 118 valence electrons. The van der Waals surface area contributed by atoms with Crippen LogP contribution in [0, 0.1) is 11.3 Å². The van der Waals surface area contributed by atoms with Gasteiger partial charge in [-0.1, -0.05) is 0 Å². The molecule has 0 spiro atoms. The summed E-state index contributed by atoms with van der Waals surface area (Å²) in [7, 11) is 1.62. The molecular weight excluding hydrogens is 282 g/mol. The van der Waals surface area contributed by atoms with E-state index in [-0.39, 0.29) is 18.2 Å². The molecule has 0 aliphatic carbocycles. The van der Waals surface area contributed by atoms with E-state index in [0.29, 0.717) is 30.9 Å². The first kappa shape index (κ1) is 17.7. The van der Waals surface area contributed by atoms with E-state index < -0.39 is 0 Å². The van der Waals surface area contributed by atoms with Gasteiger partial charge in [0.05, 0.1) is 11.6 Å². The van der Waals surface area contributed by atoms with Gasteiger partial charge in [0.25, 0.3) is 0 Å².